The highest BCUT2D eigenvalue weighted by Gasteiger charge is 2.10. The molecule has 0 fully saturated rings. The van der Waals surface area contributed by atoms with E-state index in [-0.39, 0.29) is 5.95 Å². The molecule has 3 aromatic rings. The van der Waals surface area contributed by atoms with Crippen LogP contribution in [0.25, 0.3) is 11.3 Å². The van der Waals surface area contributed by atoms with Crippen molar-refractivity contribution in [2.75, 3.05) is 5.73 Å². The monoisotopic (exact) mass is 322 g/mol. The van der Waals surface area contributed by atoms with Crippen LogP contribution < -0.4 is 5.73 Å². The number of hydrogen-bond acceptors (Lipinski definition) is 6. The summed E-state index contributed by atoms with van der Waals surface area (Å²) in [5, 5.41) is 15.3. The quantitative estimate of drug-likeness (QED) is 0.748. The second kappa shape index (κ2) is 5.55. The largest absolute Gasteiger partial charge is 0.455 e. The van der Waals surface area contributed by atoms with Crippen LogP contribution in [0.15, 0.2) is 39.9 Å². The smallest absolute Gasteiger partial charge is 0.263 e. The van der Waals surface area contributed by atoms with E-state index < -0.39 is 0 Å². The number of rotatable bonds is 3. The molecule has 0 spiro atoms. The maximum Gasteiger partial charge on any atom is 0.263 e. The molecular formula is C12H8Cl2N6O. The van der Waals surface area contributed by atoms with Crippen molar-refractivity contribution < 1.29 is 4.42 Å². The maximum atomic E-state index is 6.14. The van der Waals surface area contributed by atoms with E-state index in [1.165, 1.54) is 6.21 Å². The fraction of sp³-hybridized carbons (Fsp3) is 0. The lowest BCUT2D eigenvalue weighted by Crippen LogP contribution is -1.99. The van der Waals surface area contributed by atoms with Crippen LogP contribution in [0.2, 0.25) is 10.0 Å². The number of furan rings is 1. The summed E-state index contributed by atoms with van der Waals surface area (Å²) in [6.45, 7) is 0. The Bertz CT molecular complexity index is 810. The van der Waals surface area contributed by atoms with E-state index >= 15 is 0 Å². The first kappa shape index (κ1) is 13.6. The van der Waals surface area contributed by atoms with E-state index in [9.17, 15) is 0 Å². The SMILES string of the molecule is Nc1nnnn1/N=C\c1ccc(-c2cccc(Cl)c2Cl)o1. The molecule has 21 heavy (non-hydrogen) atoms. The Morgan fingerprint density at radius 1 is 1.24 bits per heavy atom. The van der Waals surface area contributed by atoms with Crippen molar-refractivity contribution in [2.24, 2.45) is 5.10 Å². The molecule has 2 heterocycles. The van der Waals surface area contributed by atoms with Crippen LogP contribution in [0.1, 0.15) is 5.76 Å². The Morgan fingerprint density at radius 3 is 2.86 bits per heavy atom. The molecule has 2 aromatic heterocycles. The molecule has 0 radical (unpaired) electrons. The first-order chi connectivity index (χ1) is 10.1. The molecule has 0 saturated carbocycles. The highest BCUT2D eigenvalue weighted by molar-refractivity contribution is 6.43. The number of aromatic nitrogens is 4. The van der Waals surface area contributed by atoms with Gasteiger partial charge in [-0.05, 0) is 34.7 Å². The van der Waals surface area contributed by atoms with Gasteiger partial charge in [0.15, 0.2) is 0 Å². The maximum absolute atomic E-state index is 6.14. The summed E-state index contributed by atoms with van der Waals surface area (Å²) in [5.41, 5.74) is 6.19. The normalized spacial score (nSPS) is 11.3. The van der Waals surface area contributed by atoms with Gasteiger partial charge in [0.2, 0.25) is 0 Å². The lowest BCUT2D eigenvalue weighted by atomic mass is 10.2. The average molecular weight is 323 g/mol. The van der Waals surface area contributed by atoms with Crippen molar-refractivity contribution in [1.29, 1.82) is 0 Å². The summed E-state index contributed by atoms with van der Waals surface area (Å²) < 4.78 is 5.63. The second-order valence-corrected chi connectivity index (χ2v) is 4.76. The number of benzene rings is 1. The topological polar surface area (TPSA) is 95.1 Å². The molecule has 0 bridgehead atoms. The Balaban J connectivity index is 1.89. The fourth-order valence-corrected chi connectivity index (χ4v) is 2.04. The van der Waals surface area contributed by atoms with E-state index in [1.807, 2.05) is 6.07 Å². The number of tetrazole rings is 1. The highest BCUT2D eigenvalue weighted by atomic mass is 35.5. The molecule has 0 saturated heterocycles. The van der Waals surface area contributed by atoms with Crippen LogP contribution in [0, 0.1) is 0 Å². The molecule has 2 N–H and O–H groups in total. The minimum atomic E-state index is 0.0796. The number of nitrogen functional groups attached to an aromatic ring is 1. The van der Waals surface area contributed by atoms with Gasteiger partial charge >= 0.3 is 0 Å². The summed E-state index contributed by atoms with van der Waals surface area (Å²) in [5.74, 6) is 1.15. The Hall–Kier alpha value is -2.38. The van der Waals surface area contributed by atoms with Gasteiger partial charge in [0.1, 0.15) is 11.5 Å². The molecule has 9 heteroatoms. The third-order valence-corrected chi connectivity index (χ3v) is 3.43. The van der Waals surface area contributed by atoms with E-state index in [4.69, 9.17) is 33.4 Å². The van der Waals surface area contributed by atoms with Crippen molar-refractivity contribution in [3.05, 3.63) is 46.1 Å². The van der Waals surface area contributed by atoms with Gasteiger partial charge in [0.25, 0.3) is 5.95 Å². The number of nitrogens with two attached hydrogens (primary N) is 1. The predicted molar refractivity (Wildman–Crippen MR) is 79.4 cm³/mol. The van der Waals surface area contributed by atoms with Crippen molar-refractivity contribution in [3.8, 4) is 11.3 Å². The van der Waals surface area contributed by atoms with Crippen molar-refractivity contribution in [1.82, 2.24) is 20.3 Å². The average Bonchev–Trinajstić information content (AvgIpc) is 3.09. The lowest BCUT2D eigenvalue weighted by molar-refractivity contribution is 0.573. The van der Waals surface area contributed by atoms with Crippen molar-refractivity contribution >= 4 is 35.4 Å². The Kier molecular flexibility index (Phi) is 3.59. The van der Waals surface area contributed by atoms with Gasteiger partial charge in [-0.25, -0.2) is 0 Å². The zero-order valence-electron chi connectivity index (χ0n) is 10.4. The fourth-order valence-electron chi connectivity index (χ4n) is 1.64. The van der Waals surface area contributed by atoms with Crippen molar-refractivity contribution in [2.45, 2.75) is 0 Å². The van der Waals surface area contributed by atoms with Gasteiger partial charge in [0.05, 0.1) is 16.3 Å². The molecule has 1 aromatic carbocycles. The van der Waals surface area contributed by atoms with E-state index in [0.29, 0.717) is 27.1 Å². The first-order valence-electron chi connectivity index (χ1n) is 5.77. The van der Waals surface area contributed by atoms with Gasteiger partial charge in [-0.2, -0.15) is 5.10 Å². The first-order valence-corrected chi connectivity index (χ1v) is 6.53. The summed E-state index contributed by atoms with van der Waals surface area (Å²) in [6, 6.07) is 8.81. The summed E-state index contributed by atoms with van der Waals surface area (Å²) in [7, 11) is 0. The molecule has 0 aliphatic carbocycles. The van der Waals surface area contributed by atoms with Crippen LogP contribution in [0.3, 0.4) is 0 Å². The van der Waals surface area contributed by atoms with Crippen molar-refractivity contribution in [3.63, 3.8) is 0 Å². The number of hydrogen-bond donors (Lipinski definition) is 1. The van der Waals surface area contributed by atoms with Gasteiger partial charge < -0.3 is 10.2 Å². The Morgan fingerprint density at radius 2 is 2.10 bits per heavy atom. The van der Waals surface area contributed by atoms with Gasteiger partial charge in [0, 0.05) is 5.56 Å². The second-order valence-electron chi connectivity index (χ2n) is 3.97. The standard InChI is InChI=1S/C12H8Cl2N6O/c13-9-3-1-2-8(11(9)14)10-5-4-7(21-10)6-16-20-12(15)17-18-19-20/h1-6H,(H2,15,17,19)/b16-6-. The zero-order valence-corrected chi connectivity index (χ0v) is 12.0. The van der Waals surface area contributed by atoms with E-state index in [1.54, 1.807) is 24.3 Å². The summed E-state index contributed by atoms with van der Waals surface area (Å²) in [4.78, 5) is 1.08. The third-order valence-electron chi connectivity index (χ3n) is 2.61. The molecule has 7 nitrogen and oxygen atoms in total. The summed E-state index contributed by atoms with van der Waals surface area (Å²) in [6.07, 6.45) is 1.44. The van der Waals surface area contributed by atoms with Crippen LogP contribution in [-0.4, -0.2) is 26.5 Å². The van der Waals surface area contributed by atoms with Crippen LogP contribution in [0.4, 0.5) is 5.95 Å². The van der Waals surface area contributed by atoms with Crippen LogP contribution in [0.5, 0.6) is 0 Å². The van der Waals surface area contributed by atoms with Crippen LogP contribution in [-0.2, 0) is 0 Å². The van der Waals surface area contributed by atoms with Gasteiger partial charge in [-0.3, -0.25) is 0 Å². The minimum Gasteiger partial charge on any atom is -0.455 e. The molecule has 0 amide bonds. The molecule has 0 atom stereocenters. The number of anilines is 1. The lowest BCUT2D eigenvalue weighted by Gasteiger charge is -2.01. The van der Waals surface area contributed by atoms with E-state index in [2.05, 4.69) is 20.6 Å². The molecule has 0 aliphatic heterocycles. The highest BCUT2D eigenvalue weighted by Crippen LogP contribution is 2.34. The zero-order chi connectivity index (χ0) is 14.8. The third kappa shape index (κ3) is 2.74. The van der Waals surface area contributed by atoms with E-state index in [0.717, 1.165) is 4.79 Å². The van der Waals surface area contributed by atoms with Crippen LogP contribution >= 0.6 is 23.2 Å². The molecular weight excluding hydrogens is 315 g/mol. The Labute approximate surface area is 129 Å². The predicted octanol–water partition coefficient (Wildman–Crippen LogP) is 2.70. The molecule has 106 valence electrons. The molecule has 0 aliphatic rings. The summed E-state index contributed by atoms with van der Waals surface area (Å²) >= 11 is 12.1. The van der Waals surface area contributed by atoms with Gasteiger partial charge in [-0.15, -0.1) is 0 Å². The minimum absolute atomic E-state index is 0.0796. The molecule has 0 unspecified atom stereocenters. The van der Waals surface area contributed by atoms with Gasteiger partial charge in [-0.1, -0.05) is 39.2 Å². The number of halogens is 2. The molecule has 3 rings (SSSR count). The number of nitrogens with zero attached hydrogens (tertiary/aromatic N) is 5.